The van der Waals surface area contributed by atoms with Crippen molar-refractivity contribution >= 4 is 16.9 Å². The number of hydrogen-bond acceptors (Lipinski definition) is 2. The number of nitrogens with one attached hydrogen (secondary N) is 3. The largest absolute Gasteiger partial charge is 0.497 e. The van der Waals surface area contributed by atoms with Crippen LogP contribution in [0.4, 0.5) is 0 Å². The molecule has 0 atom stereocenters. The van der Waals surface area contributed by atoms with Crippen molar-refractivity contribution in [2.45, 2.75) is 19.9 Å². The molecule has 3 rings (SSSR count). The van der Waals surface area contributed by atoms with E-state index >= 15 is 0 Å². The molecule has 0 unspecified atom stereocenters. The Morgan fingerprint density at radius 2 is 1.88 bits per heavy atom. The van der Waals surface area contributed by atoms with Crippen LogP contribution in [0.5, 0.6) is 5.75 Å². The van der Waals surface area contributed by atoms with Crippen LogP contribution in [-0.4, -0.2) is 31.1 Å². The lowest BCUT2D eigenvalue weighted by molar-refractivity contribution is 0.414. The normalized spacial score (nSPS) is 11.5. The van der Waals surface area contributed by atoms with Gasteiger partial charge in [-0.05, 0) is 48.6 Å². The summed E-state index contributed by atoms with van der Waals surface area (Å²) in [5.74, 6) is 1.72. The third kappa shape index (κ3) is 4.79. The van der Waals surface area contributed by atoms with Gasteiger partial charge in [0.1, 0.15) is 5.75 Å². The maximum Gasteiger partial charge on any atom is 0.191 e. The summed E-state index contributed by atoms with van der Waals surface area (Å²) in [4.78, 5) is 8.09. The Kier molecular flexibility index (Phi) is 6.14. The van der Waals surface area contributed by atoms with Crippen molar-refractivity contribution < 1.29 is 4.74 Å². The van der Waals surface area contributed by atoms with Gasteiger partial charge in [-0.2, -0.15) is 0 Å². The number of rotatable bonds is 7. The predicted octanol–water partition coefficient (Wildman–Crippen LogP) is 3.47. The highest BCUT2D eigenvalue weighted by molar-refractivity contribution is 5.81. The van der Waals surface area contributed by atoms with Crippen molar-refractivity contribution in [2.75, 3.05) is 20.2 Å². The molecule has 0 saturated carbocycles. The van der Waals surface area contributed by atoms with E-state index in [1.807, 2.05) is 24.3 Å². The average Bonchev–Trinajstić information content (AvgIpc) is 3.09. The molecule has 0 aliphatic rings. The van der Waals surface area contributed by atoms with E-state index in [2.05, 4.69) is 57.9 Å². The Balaban J connectivity index is 1.56. The maximum atomic E-state index is 5.19. The van der Waals surface area contributed by atoms with Gasteiger partial charge in [-0.25, -0.2) is 4.99 Å². The lowest BCUT2D eigenvalue weighted by Gasteiger charge is -2.11. The van der Waals surface area contributed by atoms with Gasteiger partial charge in [0.25, 0.3) is 0 Å². The monoisotopic (exact) mass is 350 g/mol. The maximum absolute atomic E-state index is 5.19. The van der Waals surface area contributed by atoms with E-state index in [-0.39, 0.29) is 0 Å². The van der Waals surface area contributed by atoms with Crippen molar-refractivity contribution in [2.24, 2.45) is 4.99 Å². The average molecular weight is 350 g/mol. The summed E-state index contributed by atoms with van der Waals surface area (Å²) in [6.07, 6.45) is 0.931. The quantitative estimate of drug-likeness (QED) is 0.452. The number of guanidine groups is 1. The van der Waals surface area contributed by atoms with Gasteiger partial charge in [-0.1, -0.05) is 30.3 Å². The molecule has 3 aromatic rings. The molecule has 1 aromatic heterocycles. The number of hydrogen-bond donors (Lipinski definition) is 3. The number of para-hydroxylation sites is 1. The molecule has 3 N–H and O–H groups in total. The van der Waals surface area contributed by atoms with Crippen molar-refractivity contribution in [1.29, 1.82) is 0 Å². The number of fused-ring (bicyclic) bond motifs is 1. The van der Waals surface area contributed by atoms with Gasteiger partial charge in [0.15, 0.2) is 5.96 Å². The number of aliphatic imine (C=N–C) groups is 1. The molecule has 0 radical (unpaired) electrons. The molecule has 0 amide bonds. The van der Waals surface area contributed by atoms with Crippen molar-refractivity contribution in [3.8, 4) is 5.75 Å². The molecule has 0 saturated heterocycles. The van der Waals surface area contributed by atoms with Gasteiger partial charge in [0.05, 0.1) is 13.7 Å². The fourth-order valence-corrected chi connectivity index (χ4v) is 2.84. The van der Waals surface area contributed by atoms with Gasteiger partial charge in [0.2, 0.25) is 0 Å². The lowest BCUT2D eigenvalue weighted by Crippen LogP contribution is -2.38. The standard InChI is InChI=1S/C21H26N4O/c1-3-22-21(23-13-12-16-8-10-19(26-2)11-9-16)24-15-18-14-17-6-4-5-7-20(17)25-18/h4-11,14,25H,3,12-13,15H2,1-2H3,(H2,22,23,24). The van der Waals surface area contributed by atoms with Crippen LogP contribution in [0.2, 0.25) is 0 Å². The summed E-state index contributed by atoms with van der Waals surface area (Å²) >= 11 is 0. The van der Waals surface area contributed by atoms with Crippen molar-refractivity contribution in [1.82, 2.24) is 15.6 Å². The Labute approximate surface area is 154 Å². The first kappa shape index (κ1) is 17.9. The second-order valence-electron chi connectivity index (χ2n) is 6.10. The summed E-state index contributed by atoms with van der Waals surface area (Å²) < 4.78 is 5.19. The van der Waals surface area contributed by atoms with Crippen LogP contribution in [0.3, 0.4) is 0 Å². The Hall–Kier alpha value is -2.95. The first-order chi connectivity index (χ1) is 12.8. The molecule has 0 spiro atoms. The smallest absolute Gasteiger partial charge is 0.191 e. The van der Waals surface area contributed by atoms with E-state index in [0.717, 1.165) is 42.4 Å². The zero-order valence-electron chi connectivity index (χ0n) is 15.4. The molecule has 0 aliphatic carbocycles. The first-order valence-corrected chi connectivity index (χ1v) is 9.00. The molecular weight excluding hydrogens is 324 g/mol. The predicted molar refractivity (Wildman–Crippen MR) is 108 cm³/mol. The number of methoxy groups -OCH3 is 1. The molecule has 0 fully saturated rings. The van der Waals surface area contributed by atoms with Crippen LogP contribution in [0.25, 0.3) is 10.9 Å². The Morgan fingerprint density at radius 1 is 1.08 bits per heavy atom. The number of H-pyrrole nitrogens is 1. The van der Waals surface area contributed by atoms with Gasteiger partial charge in [-0.15, -0.1) is 0 Å². The van der Waals surface area contributed by atoms with Crippen LogP contribution in [0.15, 0.2) is 59.6 Å². The minimum atomic E-state index is 0.618. The lowest BCUT2D eigenvalue weighted by atomic mass is 10.1. The molecule has 2 aromatic carbocycles. The van der Waals surface area contributed by atoms with Crippen LogP contribution in [0.1, 0.15) is 18.2 Å². The number of nitrogens with zero attached hydrogens (tertiary/aromatic N) is 1. The molecule has 5 nitrogen and oxygen atoms in total. The van der Waals surface area contributed by atoms with Crippen molar-refractivity contribution in [3.05, 3.63) is 65.9 Å². The number of benzene rings is 2. The summed E-state index contributed by atoms with van der Waals surface area (Å²) in [7, 11) is 1.68. The molecule has 26 heavy (non-hydrogen) atoms. The fourth-order valence-electron chi connectivity index (χ4n) is 2.84. The zero-order valence-corrected chi connectivity index (χ0v) is 15.4. The highest BCUT2D eigenvalue weighted by Crippen LogP contribution is 2.15. The number of aromatic amines is 1. The topological polar surface area (TPSA) is 61.4 Å². The minimum Gasteiger partial charge on any atom is -0.497 e. The molecule has 0 bridgehead atoms. The second kappa shape index (κ2) is 8.94. The second-order valence-corrected chi connectivity index (χ2v) is 6.10. The Bertz CT molecular complexity index is 819. The van der Waals surface area contributed by atoms with Crippen LogP contribution >= 0.6 is 0 Å². The van der Waals surface area contributed by atoms with E-state index in [1.165, 1.54) is 10.9 Å². The highest BCUT2D eigenvalue weighted by atomic mass is 16.5. The molecule has 1 heterocycles. The van der Waals surface area contributed by atoms with Gasteiger partial charge in [-0.3, -0.25) is 0 Å². The van der Waals surface area contributed by atoms with E-state index < -0.39 is 0 Å². The van der Waals surface area contributed by atoms with Gasteiger partial charge >= 0.3 is 0 Å². The van der Waals surface area contributed by atoms with E-state index in [1.54, 1.807) is 7.11 Å². The van der Waals surface area contributed by atoms with Gasteiger partial charge in [0, 0.05) is 24.3 Å². The number of ether oxygens (including phenoxy) is 1. The molecule has 0 aliphatic heterocycles. The zero-order chi connectivity index (χ0) is 18.2. The van der Waals surface area contributed by atoms with Gasteiger partial charge < -0.3 is 20.4 Å². The molecule has 136 valence electrons. The minimum absolute atomic E-state index is 0.618. The summed E-state index contributed by atoms with van der Waals surface area (Å²) in [5, 5.41) is 7.91. The molecular formula is C21H26N4O. The van der Waals surface area contributed by atoms with Crippen LogP contribution in [-0.2, 0) is 13.0 Å². The third-order valence-corrected chi connectivity index (χ3v) is 4.20. The Morgan fingerprint density at radius 3 is 2.62 bits per heavy atom. The van der Waals surface area contributed by atoms with E-state index in [0.29, 0.717) is 6.54 Å². The summed E-state index contributed by atoms with van der Waals surface area (Å²) in [5.41, 5.74) is 3.53. The third-order valence-electron chi connectivity index (χ3n) is 4.20. The van der Waals surface area contributed by atoms with E-state index in [4.69, 9.17) is 4.74 Å². The number of aromatic nitrogens is 1. The molecule has 5 heteroatoms. The van der Waals surface area contributed by atoms with Crippen LogP contribution < -0.4 is 15.4 Å². The fraction of sp³-hybridized carbons (Fsp3) is 0.286. The first-order valence-electron chi connectivity index (χ1n) is 9.00. The summed E-state index contributed by atoms with van der Waals surface area (Å²) in [6, 6.07) is 18.6. The van der Waals surface area contributed by atoms with E-state index in [9.17, 15) is 0 Å². The summed E-state index contributed by atoms with van der Waals surface area (Å²) in [6.45, 7) is 4.35. The van der Waals surface area contributed by atoms with Crippen molar-refractivity contribution in [3.63, 3.8) is 0 Å². The highest BCUT2D eigenvalue weighted by Gasteiger charge is 2.02. The SMILES string of the molecule is CCNC(=NCc1cc2ccccc2[nH]1)NCCc1ccc(OC)cc1. The van der Waals surface area contributed by atoms with Crippen LogP contribution in [0, 0.1) is 0 Å².